The average Bonchev–Trinajstić information content (AvgIpc) is 2.46. The van der Waals surface area contributed by atoms with Crippen molar-refractivity contribution in [2.75, 3.05) is 32.7 Å². The maximum Gasteiger partial charge on any atom is 0.0191 e. The molecule has 1 saturated heterocycles. The summed E-state index contributed by atoms with van der Waals surface area (Å²) in [5.41, 5.74) is 5.77. The Morgan fingerprint density at radius 1 is 1.11 bits per heavy atom. The van der Waals surface area contributed by atoms with Gasteiger partial charge in [0.05, 0.1) is 0 Å². The third kappa shape index (κ3) is 3.25. The van der Waals surface area contributed by atoms with Gasteiger partial charge >= 0.3 is 0 Å². The van der Waals surface area contributed by atoms with E-state index in [2.05, 4.69) is 23.6 Å². The Labute approximate surface area is 113 Å². The van der Waals surface area contributed by atoms with Crippen molar-refractivity contribution in [2.45, 2.75) is 58.0 Å². The summed E-state index contributed by atoms with van der Waals surface area (Å²) in [6.45, 7) is 10.4. The second-order valence-electron chi connectivity index (χ2n) is 6.18. The van der Waals surface area contributed by atoms with Gasteiger partial charge in [0.15, 0.2) is 0 Å². The van der Waals surface area contributed by atoms with Crippen molar-refractivity contribution in [1.29, 1.82) is 0 Å². The van der Waals surface area contributed by atoms with Gasteiger partial charge in [0, 0.05) is 44.8 Å². The molecule has 3 nitrogen and oxygen atoms in total. The second kappa shape index (κ2) is 6.88. The number of hydrogen-bond donors (Lipinski definition) is 1. The summed E-state index contributed by atoms with van der Waals surface area (Å²) in [5.74, 6) is 0.956. The predicted octanol–water partition coefficient (Wildman–Crippen LogP) is 1.92. The minimum atomic E-state index is 0.556. The highest BCUT2D eigenvalue weighted by Gasteiger charge is 2.31. The first-order valence-corrected chi connectivity index (χ1v) is 7.94. The monoisotopic (exact) mass is 253 g/mol. The summed E-state index contributed by atoms with van der Waals surface area (Å²) in [5, 5.41) is 0. The molecular formula is C15H31N3. The SMILES string of the molecule is CCC1CCCCC1N1CCN(C(C)CN)CC1. The highest BCUT2D eigenvalue weighted by atomic mass is 15.3. The Morgan fingerprint density at radius 2 is 1.78 bits per heavy atom. The van der Waals surface area contributed by atoms with Gasteiger partial charge in [-0.2, -0.15) is 0 Å². The summed E-state index contributed by atoms with van der Waals surface area (Å²) in [4.78, 5) is 5.33. The van der Waals surface area contributed by atoms with Crippen LogP contribution in [0.1, 0.15) is 46.0 Å². The zero-order valence-electron chi connectivity index (χ0n) is 12.3. The molecule has 3 atom stereocenters. The third-order valence-electron chi connectivity index (χ3n) is 5.18. The lowest BCUT2D eigenvalue weighted by molar-refractivity contribution is 0.0367. The van der Waals surface area contributed by atoms with E-state index in [0.29, 0.717) is 6.04 Å². The van der Waals surface area contributed by atoms with Gasteiger partial charge in [0.2, 0.25) is 0 Å². The van der Waals surface area contributed by atoms with Crippen LogP contribution < -0.4 is 5.73 Å². The molecule has 1 aliphatic carbocycles. The van der Waals surface area contributed by atoms with E-state index >= 15 is 0 Å². The molecule has 2 aliphatic rings. The lowest BCUT2D eigenvalue weighted by Crippen LogP contribution is -2.55. The molecule has 2 rings (SSSR count). The summed E-state index contributed by atoms with van der Waals surface area (Å²) in [6, 6.07) is 1.43. The smallest absolute Gasteiger partial charge is 0.0191 e. The number of hydrogen-bond acceptors (Lipinski definition) is 3. The van der Waals surface area contributed by atoms with Crippen LogP contribution in [-0.4, -0.2) is 54.6 Å². The van der Waals surface area contributed by atoms with Gasteiger partial charge in [-0.25, -0.2) is 0 Å². The molecule has 2 fully saturated rings. The molecule has 2 N–H and O–H groups in total. The minimum Gasteiger partial charge on any atom is -0.329 e. The molecule has 106 valence electrons. The summed E-state index contributed by atoms with van der Waals surface area (Å²) >= 11 is 0. The largest absolute Gasteiger partial charge is 0.329 e. The van der Waals surface area contributed by atoms with Crippen molar-refractivity contribution in [3.05, 3.63) is 0 Å². The van der Waals surface area contributed by atoms with Crippen molar-refractivity contribution in [1.82, 2.24) is 9.80 Å². The van der Waals surface area contributed by atoms with Gasteiger partial charge < -0.3 is 5.73 Å². The molecule has 1 heterocycles. The quantitative estimate of drug-likeness (QED) is 0.831. The van der Waals surface area contributed by atoms with E-state index < -0.39 is 0 Å². The van der Waals surface area contributed by atoms with Crippen molar-refractivity contribution >= 4 is 0 Å². The predicted molar refractivity (Wildman–Crippen MR) is 77.7 cm³/mol. The number of piperazine rings is 1. The van der Waals surface area contributed by atoms with E-state index in [9.17, 15) is 0 Å². The molecule has 1 saturated carbocycles. The molecule has 3 heteroatoms. The maximum atomic E-state index is 5.77. The molecule has 3 unspecified atom stereocenters. The van der Waals surface area contributed by atoms with Crippen LogP contribution in [0, 0.1) is 5.92 Å². The molecule has 0 radical (unpaired) electrons. The molecule has 0 spiro atoms. The van der Waals surface area contributed by atoms with E-state index in [1.54, 1.807) is 0 Å². The number of nitrogens with two attached hydrogens (primary N) is 1. The van der Waals surface area contributed by atoms with Crippen LogP contribution >= 0.6 is 0 Å². The van der Waals surface area contributed by atoms with Crippen LogP contribution in [0.2, 0.25) is 0 Å². The van der Waals surface area contributed by atoms with Crippen LogP contribution in [0.4, 0.5) is 0 Å². The summed E-state index contributed by atoms with van der Waals surface area (Å²) in [7, 11) is 0. The molecule has 0 aromatic rings. The Morgan fingerprint density at radius 3 is 2.39 bits per heavy atom. The first-order valence-electron chi connectivity index (χ1n) is 7.94. The first-order chi connectivity index (χ1) is 8.76. The van der Waals surface area contributed by atoms with Crippen molar-refractivity contribution < 1.29 is 0 Å². The zero-order valence-corrected chi connectivity index (χ0v) is 12.3. The van der Waals surface area contributed by atoms with Gasteiger partial charge in [0.1, 0.15) is 0 Å². The van der Waals surface area contributed by atoms with E-state index in [1.807, 2.05) is 0 Å². The standard InChI is InChI=1S/C15H31N3/c1-3-14-6-4-5-7-15(14)18-10-8-17(9-11-18)13(2)12-16/h13-15H,3-12,16H2,1-2H3. The molecule has 18 heavy (non-hydrogen) atoms. The Bertz CT molecular complexity index is 236. The van der Waals surface area contributed by atoms with Crippen molar-refractivity contribution in [3.8, 4) is 0 Å². The summed E-state index contributed by atoms with van der Waals surface area (Å²) < 4.78 is 0. The fourth-order valence-corrected chi connectivity index (χ4v) is 3.80. The first kappa shape index (κ1) is 14.3. The van der Waals surface area contributed by atoms with Gasteiger partial charge in [-0.3, -0.25) is 9.80 Å². The Kier molecular flexibility index (Phi) is 5.46. The van der Waals surface area contributed by atoms with Gasteiger partial charge in [0.25, 0.3) is 0 Å². The van der Waals surface area contributed by atoms with Crippen LogP contribution in [0.3, 0.4) is 0 Å². The van der Waals surface area contributed by atoms with E-state index in [4.69, 9.17) is 5.73 Å². The van der Waals surface area contributed by atoms with Crippen molar-refractivity contribution in [2.24, 2.45) is 11.7 Å². The minimum absolute atomic E-state index is 0.556. The Hall–Kier alpha value is -0.120. The molecule has 0 aromatic heterocycles. The molecule has 0 bridgehead atoms. The van der Waals surface area contributed by atoms with Crippen LogP contribution in [0.15, 0.2) is 0 Å². The third-order valence-corrected chi connectivity index (χ3v) is 5.18. The Balaban J connectivity index is 1.84. The fraction of sp³-hybridized carbons (Fsp3) is 1.00. The number of nitrogens with zero attached hydrogens (tertiary/aromatic N) is 2. The highest BCUT2D eigenvalue weighted by Crippen LogP contribution is 2.31. The van der Waals surface area contributed by atoms with Gasteiger partial charge in [-0.1, -0.05) is 26.2 Å². The number of rotatable bonds is 4. The normalized spacial score (nSPS) is 33.5. The van der Waals surface area contributed by atoms with Crippen LogP contribution in [-0.2, 0) is 0 Å². The highest BCUT2D eigenvalue weighted by molar-refractivity contribution is 4.86. The van der Waals surface area contributed by atoms with Gasteiger partial charge in [-0.15, -0.1) is 0 Å². The lowest BCUT2D eigenvalue weighted by atomic mass is 9.81. The van der Waals surface area contributed by atoms with Crippen LogP contribution in [0.5, 0.6) is 0 Å². The summed E-state index contributed by atoms with van der Waals surface area (Å²) in [6.07, 6.45) is 7.16. The second-order valence-corrected chi connectivity index (χ2v) is 6.18. The van der Waals surface area contributed by atoms with Gasteiger partial charge in [-0.05, 0) is 25.7 Å². The lowest BCUT2D eigenvalue weighted by Gasteiger charge is -2.45. The zero-order chi connectivity index (χ0) is 13.0. The fourth-order valence-electron chi connectivity index (χ4n) is 3.80. The average molecular weight is 253 g/mol. The maximum absolute atomic E-state index is 5.77. The topological polar surface area (TPSA) is 32.5 Å². The molecule has 1 aliphatic heterocycles. The van der Waals surface area contributed by atoms with E-state index in [0.717, 1.165) is 18.5 Å². The van der Waals surface area contributed by atoms with E-state index in [1.165, 1.54) is 58.3 Å². The van der Waals surface area contributed by atoms with Crippen molar-refractivity contribution in [3.63, 3.8) is 0 Å². The molecule has 0 amide bonds. The van der Waals surface area contributed by atoms with Crippen LogP contribution in [0.25, 0.3) is 0 Å². The molecule has 0 aromatic carbocycles. The molecular weight excluding hydrogens is 222 g/mol. The van der Waals surface area contributed by atoms with E-state index in [-0.39, 0.29) is 0 Å².